The Hall–Kier alpha value is -2.21. The number of hydrogen-bond acceptors (Lipinski definition) is 4. The number of rotatable bonds is 5. The second-order valence-electron chi connectivity index (χ2n) is 4.57. The third-order valence-corrected chi connectivity index (χ3v) is 2.98. The summed E-state index contributed by atoms with van der Waals surface area (Å²) < 4.78 is 1.63. The second kappa shape index (κ2) is 5.19. The highest BCUT2D eigenvalue weighted by Gasteiger charge is 2.21. The normalized spacial score (nSPS) is 14.3. The number of hydrogen-bond donors (Lipinski definition) is 2. The molecule has 1 heterocycles. The summed E-state index contributed by atoms with van der Waals surface area (Å²) >= 11 is 0. The van der Waals surface area contributed by atoms with Crippen LogP contribution in [0.5, 0.6) is 0 Å². The van der Waals surface area contributed by atoms with Crippen LogP contribution in [-0.2, 0) is 4.79 Å². The molecular weight excluding hydrogens is 242 g/mol. The van der Waals surface area contributed by atoms with Crippen LogP contribution in [0.25, 0.3) is 5.69 Å². The van der Waals surface area contributed by atoms with Crippen molar-refractivity contribution in [2.75, 3.05) is 11.9 Å². The maximum Gasteiger partial charge on any atom is 0.238 e. The van der Waals surface area contributed by atoms with Crippen molar-refractivity contribution in [3.05, 3.63) is 36.7 Å². The maximum absolute atomic E-state index is 11.8. The fourth-order valence-electron chi connectivity index (χ4n) is 1.83. The fraction of sp³-hybridized carbons (Fsp3) is 0.308. The smallest absolute Gasteiger partial charge is 0.238 e. The molecule has 3 rings (SSSR count). The summed E-state index contributed by atoms with van der Waals surface area (Å²) in [4.78, 5) is 11.8. The first-order valence-corrected chi connectivity index (χ1v) is 6.32. The van der Waals surface area contributed by atoms with Crippen LogP contribution in [0.1, 0.15) is 12.8 Å². The molecule has 1 fully saturated rings. The van der Waals surface area contributed by atoms with Crippen molar-refractivity contribution in [3.63, 3.8) is 0 Å². The number of carbonyl (C=O) groups is 1. The van der Waals surface area contributed by atoms with Gasteiger partial charge >= 0.3 is 0 Å². The number of amides is 1. The van der Waals surface area contributed by atoms with Crippen molar-refractivity contribution in [2.24, 2.45) is 0 Å². The molecule has 1 aliphatic carbocycles. The van der Waals surface area contributed by atoms with Gasteiger partial charge in [0, 0.05) is 6.04 Å². The Morgan fingerprint density at radius 2 is 2.21 bits per heavy atom. The van der Waals surface area contributed by atoms with E-state index in [-0.39, 0.29) is 5.91 Å². The van der Waals surface area contributed by atoms with Crippen LogP contribution in [0.15, 0.2) is 36.7 Å². The molecule has 1 saturated carbocycles. The number of aromatic nitrogens is 3. The van der Waals surface area contributed by atoms with Crippen molar-refractivity contribution in [1.82, 2.24) is 20.3 Å². The molecular formula is C13H15N5O. The highest BCUT2D eigenvalue weighted by molar-refractivity contribution is 5.94. The maximum atomic E-state index is 11.8. The summed E-state index contributed by atoms with van der Waals surface area (Å²) in [7, 11) is 0. The molecule has 0 unspecified atom stereocenters. The van der Waals surface area contributed by atoms with Gasteiger partial charge in [-0.25, -0.2) is 4.68 Å². The zero-order valence-electron chi connectivity index (χ0n) is 10.4. The molecule has 19 heavy (non-hydrogen) atoms. The van der Waals surface area contributed by atoms with E-state index in [1.54, 1.807) is 17.1 Å². The van der Waals surface area contributed by atoms with E-state index in [2.05, 4.69) is 20.9 Å². The quantitative estimate of drug-likeness (QED) is 0.836. The lowest BCUT2D eigenvalue weighted by Gasteiger charge is -2.10. The molecule has 0 atom stereocenters. The van der Waals surface area contributed by atoms with Crippen molar-refractivity contribution in [2.45, 2.75) is 18.9 Å². The predicted molar refractivity (Wildman–Crippen MR) is 71.0 cm³/mol. The van der Waals surface area contributed by atoms with Gasteiger partial charge in [0.1, 0.15) is 0 Å². The molecule has 2 aromatic rings. The van der Waals surface area contributed by atoms with Gasteiger partial charge in [0.25, 0.3) is 0 Å². The topological polar surface area (TPSA) is 71.8 Å². The minimum absolute atomic E-state index is 0.0422. The van der Waals surface area contributed by atoms with Gasteiger partial charge in [-0.05, 0) is 25.0 Å². The first-order chi connectivity index (χ1) is 9.33. The number of para-hydroxylation sites is 2. The molecule has 98 valence electrons. The minimum Gasteiger partial charge on any atom is -0.323 e. The van der Waals surface area contributed by atoms with E-state index >= 15 is 0 Å². The summed E-state index contributed by atoms with van der Waals surface area (Å²) in [6.07, 6.45) is 5.69. The van der Waals surface area contributed by atoms with Crippen LogP contribution in [0.4, 0.5) is 5.69 Å². The molecule has 1 aromatic heterocycles. The summed E-state index contributed by atoms with van der Waals surface area (Å²) in [5.74, 6) is -0.0422. The molecule has 0 bridgehead atoms. The Bertz CT molecular complexity index is 562. The van der Waals surface area contributed by atoms with Crippen LogP contribution in [0, 0.1) is 0 Å². The highest BCUT2D eigenvalue weighted by atomic mass is 16.1. The minimum atomic E-state index is -0.0422. The van der Waals surface area contributed by atoms with E-state index in [0.717, 1.165) is 11.4 Å². The Morgan fingerprint density at radius 3 is 2.95 bits per heavy atom. The second-order valence-corrected chi connectivity index (χ2v) is 4.57. The Balaban J connectivity index is 1.71. The average Bonchev–Trinajstić information content (AvgIpc) is 3.10. The molecule has 2 N–H and O–H groups in total. The summed E-state index contributed by atoms with van der Waals surface area (Å²) in [5, 5.41) is 13.8. The lowest BCUT2D eigenvalue weighted by atomic mass is 10.2. The van der Waals surface area contributed by atoms with E-state index in [0.29, 0.717) is 12.6 Å². The number of benzene rings is 1. The molecule has 1 amide bonds. The van der Waals surface area contributed by atoms with E-state index in [1.165, 1.54) is 12.8 Å². The molecule has 6 heteroatoms. The van der Waals surface area contributed by atoms with E-state index in [1.807, 2.05) is 24.3 Å². The highest BCUT2D eigenvalue weighted by Crippen LogP contribution is 2.19. The summed E-state index contributed by atoms with van der Waals surface area (Å²) in [5.41, 5.74) is 1.54. The molecule has 6 nitrogen and oxygen atoms in total. The van der Waals surface area contributed by atoms with Gasteiger partial charge in [0.05, 0.1) is 30.3 Å². The molecule has 1 aromatic carbocycles. The summed E-state index contributed by atoms with van der Waals surface area (Å²) in [6, 6.07) is 8.04. The van der Waals surface area contributed by atoms with Crippen LogP contribution in [0.2, 0.25) is 0 Å². The van der Waals surface area contributed by atoms with Gasteiger partial charge < -0.3 is 10.6 Å². The third kappa shape index (κ3) is 2.97. The van der Waals surface area contributed by atoms with Crippen molar-refractivity contribution < 1.29 is 4.79 Å². The van der Waals surface area contributed by atoms with Gasteiger partial charge in [-0.3, -0.25) is 4.79 Å². The van der Waals surface area contributed by atoms with Gasteiger partial charge in [-0.15, -0.1) is 5.10 Å². The average molecular weight is 257 g/mol. The molecule has 0 aliphatic heterocycles. The lowest BCUT2D eigenvalue weighted by molar-refractivity contribution is -0.115. The first-order valence-electron chi connectivity index (χ1n) is 6.32. The van der Waals surface area contributed by atoms with Gasteiger partial charge in [0.15, 0.2) is 0 Å². The molecule has 1 aliphatic rings. The zero-order chi connectivity index (χ0) is 13.1. The standard InChI is InChI=1S/C13H15N5O/c19-13(9-14-10-5-6-10)16-11-3-1-2-4-12(11)18-8-7-15-17-18/h1-4,7-8,10,14H,5-6,9H2,(H,16,19). The van der Waals surface area contributed by atoms with Gasteiger partial charge in [0.2, 0.25) is 5.91 Å². The first kappa shape index (κ1) is 11.9. The predicted octanol–water partition coefficient (Wildman–Crippen LogP) is 0.958. The van der Waals surface area contributed by atoms with Crippen LogP contribution < -0.4 is 10.6 Å². The van der Waals surface area contributed by atoms with Crippen LogP contribution in [0.3, 0.4) is 0 Å². The van der Waals surface area contributed by atoms with Crippen molar-refractivity contribution in [1.29, 1.82) is 0 Å². The van der Waals surface area contributed by atoms with Gasteiger partial charge in [-0.2, -0.15) is 0 Å². The lowest BCUT2D eigenvalue weighted by Crippen LogP contribution is -2.29. The Kier molecular flexibility index (Phi) is 3.24. The molecule has 0 radical (unpaired) electrons. The fourth-order valence-corrected chi connectivity index (χ4v) is 1.83. The molecule has 0 saturated heterocycles. The zero-order valence-corrected chi connectivity index (χ0v) is 10.4. The number of nitrogens with one attached hydrogen (secondary N) is 2. The summed E-state index contributed by atoms with van der Waals surface area (Å²) in [6.45, 7) is 0.344. The van der Waals surface area contributed by atoms with E-state index in [9.17, 15) is 4.79 Å². The largest absolute Gasteiger partial charge is 0.323 e. The van der Waals surface area contributed by atoms with Crippen molar-refractivity contribution in [3.8, 4) is 5.69 Å². The molecule has 0 spiro atoms. The Morgan fingerprint density at radius 1 is 1.37 bits per heavy atom. The van der Waals surface area contributed by atoms with E-state index in [4.69, 9.17) is 0 Å². The SMILES string of the molecule is O=C(CNC1CC1)Nc1ccccc1-n1ccnn1. The number of carbonyl (C=O) groups excluding carboxylic acids is 1. The van der Waals surface area contributed by atoms with Crippen LogP contribution >= 0.6 is 0 Å². The monoisotopic (exact) mass is 257 g/mol. The van der Waals surface area contributed by atoms with Gasteiger partial charge in [-0.1, -0.05) is 17.3 Å². The number of anilines is 1. The van der Waals surface area contributed by atoms with Crippen molar-refractivity contribution >= 4 is 11.6 Å². The Labute approximate surface area is 110 Å². The number of nitrogens with zero attached hydrogens (tertiary/aromatic N) is 3. The van der Waals surface area contributed by atoms with Crippen LogP contribution in [-0.4, -0.2) is 33.5 Å². The van der Waals surface area contributed by atoms with E-state index < -0.39 is 0 Å². The third-order valence-electron chi connectivity index (χ3n) is 2.98.